The van der Waals surface area contributed by atoms with Crippen LogP contribution in [0.2, 0.25) is 0 Å². The molecular formula is C16H21N3O3S. The van der Waals surface area contributed by atoms with E-state index < -0.39 is 10.0 Å². The molecule has 0 bridgehead atoms. The van der Waals surface area contributed by atoms with E-state index in [1.807, 2.05) is 42.8 Å². The standard InChI is InChI=1S/C16H21N3O3S/c1-12-15(13-6-4-5-7-14(13)17(12)2)16(20)18-8-10-19(11-9-18)23(3,21)22/h4-7H,8-11H2,1-3H3. The van der Waals surface area contributed by atoms with E-state index in [4.69, 9.17) is 0 Å². The lowest BCUT2D eigenvalue weighted by Crippen LogP contribution is -2.50. The Morgan fingerprint density at radius 3 is 2.30 bits per heavy atom. The van der Waals surface area contributed by atoms with Crippen LogP contribution in [0.25, 0.3) is 10.9 Å². The molecule has 124 valence electrons. The summed E-state index contributed by atoms with van der Waals surface area (Å²) in [5, 5.41) is 0.947. The number of hydrogen-bond acceptors (Lipinski definition) is 3. The van der Waals surface area contributed by atoms with Gasteiger partial charge in [0.2, 0.25) is 10.0 Å². The fraction of sp³-hybridized carbons (Fsp3) is 0.438. The van der Waals surface area contributed by atoms with E-state index in [0.717, 1.165) is 22.2 Å². The van der Waals surface area contributed by atoms with Gasteiger partial charge in [-0.2, -0.15) is 4.31 Å². The Labute approximate surface area is 136 Å². The SMILES string of the molecule is Cc1c(C(=O)N2CCN(S(C)(=O)=O)CC2)c2ccccc2n1C. The minimum absolute atomic E-state index is 0.0209. The minimum Gasteiger partial charge on any atom is -0.347 e. The van der Waals surface area contributed by atoms with Gasteiger partial charge in [0.15, 0.2) is 0 Å². The molecule has 2 aromatic rings. The fourth-order valence-corrected chi connectivity index (χ4v) is 4.00. The lowest BCUT2D eigenvalue weighted by Gasteiger charge is -2.33. The number of carbonyl (C=O) groups is 1. The quantitative estimate of drug-likeness (QED) is 0.828. The van der Waals surface area contributed by atoms with Crippen LogP contribution in [0.4, 0.5) is 0 Å². The lowest BCUT2D eigenvalue weighted by atomic mass is 10.1. The summed E-state index contributed by atoms with van der Waals surface area (Å²) in [7, 11) is -1.23. The van der Waals surface area contributed by atoms with Gasteiger partial charge in [0.1, 0.15) is 0 Å². The Morgan fingerprint density at radius 1 is 1.09 bits per heavy atom. The van der Waals surface area contributed by atoms with E-state index in [0.29, 0.717) is 26.2 Å². The second-order valence-electron chi connectivity index (χ2n) is 5.99. The molecule has 0 N–H and O–H groups in total. The average Bonchev–Trinajstić information content (AvgIpc) is 2.78. The second-order valence-corrected chi connectivity index (χ2v) is 7.97. The number of hydrogen-bond donors (Lipinski definition) is 0. The van der Waals surface area contributed by atoms with Crippen LogP contribution >= 0.6 is 0 Å². The molecule has 0 saturated carbocycles. The number of amides is 1. The molecule has 1 amide bonds. The van der Waals surface area contributed by atoms with Gasteiger partial charge in [0.05, 0.1) is 11.8 Å². The Morgan fingerprint density at radius 2 is 1.70 bits per heavy atom. The zero-order valence-electron chi connectivity index (χ0n) is 13.6. The van der Waals surface area contributed by atoms with Crippen molar-refractivity contribution in [2.75, 3.05) is 32.4 Å². The highest BCUT2D eigenvalue weighted by Crippen LogP contribution is 2.26. The van der Waals surface area contributed by atoms with E-state index in [1.54, 1.807) is 4.90 Å². The molecule has 0 atom stereocenters. The summed E-state index contributed by atoms with van der Waals surface area (Å²) in [6.45, 7) is 3.51. The van der Waals surface area contributed by atoms with Gasteiger partial charge in [-0.3, -0.25) is 4.79 Å². The maximum atomic E-state index is 12.9. The highest BCUT2D eigenvalue weighted by molar-refractivity contribution is 7.88. The van der Waals surface area contributed by atoms with Crippen molar-refractivity contribution in [1.82, 2.24) is 13.8 Å². The summed E-state index contributed by atoms with van der Waals surface area (Å²) in [5.74, 6) is -0.0209. The van der Waals surface area contributed by atoms with E-state index >= 15 is 0 Å². The normalized spacial score (nSPS) is 16.9. The van der Waals surface area contributed by atoms with E-state index in [1.165, 1.54) is 10.6 Å². The van der Waals surface area contributed by atoms with Gasteiger partial charge in [-0.25, -0.2) is 8.42 Å². The Kier molecular flexibility index (Phi) is 3.93. The van der Waals surface area contributed by atoms with Crippen LogP contribution in [-0.2, 0) is 17.1 Å². The fourth-order valence-electron chi connectivity index (χ4n) is 3.17. The van der Waals surface area contributed by atoms with Gasteiger partial charge < -0.3 is 9.47 Å². The predicted octanol–water partition coefficient (Wildman–Crippen LogP) is 1.20. The molecule has 1 aromatic carbocycles. The van der Waals surface area contributed by atoms with Crippen LogP contribution in [0.3, 0.4) is 0 Å². The first-order valence-corrected chi connectivity index (χ1v) is 9.44. The van der Waals surface area contributed by atoms with Crippen LogP contribution in [-0.4, -0.2) is 60.5 Å². The summed E-state index contributed by atoms with van der Waals surface area (Å²) in [6, 6.07) is 7.85. The smallest absolute Gasteiger partial charge is 0.256 e. The Hall–Kier alpha value is -1.86. The monoisotopic (exact) mass is 335 g/mol. The summed E-state index contributed by atoms with van der Waals surface area (Å²) in [5.41, 5.74) is 2.68. The molecule has 23 heavy (non-hydrogen) atoms. The number of fused-ring (bicyclic) bond motifs is 1. The van der Waals surface area contributed by atoms with Crippen molar-refractivity contribution in [3.05, 3.63) is 35.5 Å². The number of aromatic nitrogens is 1. The third kappa shape index (κ3) is 2.74. The largest absolute Gasteiger partial charge is 0.347 e. The topological polar surface area (TPSA) is 62.6 Å². The van der Waals surface area contributed by atoms with Gasteiger partial charge in [-0.15, -0.1) is 0 Å². The maximum Gasteiger partial charge on any atom is 0.256 e. The average molecular weight is 335 g/mol. The Balaban J connectivity index is 1.90. The summed E-state index contributed by atoms with van der Waals surface area (Å²) in [4.78, 5) is 14.7. The third-order valence-corrected chi connectivity index (χ3v) is 5.91. The first kappa shape index (κ1) is 16.0. The Bertz CT molecular complexity index is 862. The molecule has 7 heteroatoms. The first-order valence-electron chi connectivity index (χ1n) is 7.59. The highest BCUT2D eigenvalue weighted by atomic mass is 32.2. The van der Waals surface area contributed by atoms with Crippen LogP contribution < -0.4 is 0 Å². The van der Waals surface area contributed by atoms with Gasteiger partial charge in [-0.1, -0.05) is 18.2 Å². The predicted molar refractivity (Wildman–Crippen MR) is 90.0 cm³/mol. The number of aryl methyl sites for hydroxylation is 1. The molecule has 1 aliphatic heterocycles. The number of rotatable bonds is 2. The number of nitrogens with zero attached hydrogens (tertiary/aromatic N) is 3. The minimum atomic E-state index is -3.19. The number of carbonyl (C=O) groups excluding carboxylic acids is 1. The van der Waals surface area contributed by atoms with Crippen molar-refractivity contribution in [2.24, 2.45) is 7.05 Å². The van der Waals surface area contributed by atoms with Gasteiger partial charge >= 0.3 is 0 Å². The van der Waals surface area contributed by atoms with Crippen molar-refractivity contribution in [3.63, 3.8) is 0 Å². The maximum absolute atomic E-state index is 12.9. The number of benzene rings is 1. The lowest BCUT2D eigenvalue weighted by molar-refractivity contribution is 0.0699. The highest BCUT2D eigenvalue weighted by Gasteiger charge is 2.29. The van der Waals surface area contributed by atoms with Gasteiger partial charge in [0.25, 0.3) is 5.91 Å². The van der Waals surface area contributed by atoms with Gasteiger partial charge in [-0.05, 0) is 13.0 Å². The summed E-state index contributed by atoms with van der Waals surface area (Å²) < 4.78 is 26.6. The molecule has 3 rings (SSSR count). The molecule has 1 saturated heterocycles. The van der Waals surface area contributed by atoms with Crippen LogP contribution in [0.15, 0.2) is 24.3 Å². The molecule has 1 fully saturated rings. The first-order chi connectivity index (χ1) is 10.8. The molecule has 0 aliphatic carbocycles. The van der Waals surface area contributed by atoms with E-state index in [-0.39, 0.29) is 5.91 Å². The summed E-state index contributed by atoms with van der Waals surface area (Å²) in [6.07, 6.45) is 1.21. The number of para-hydroxylation sites is 1. The molecule has 2 heterocycles. The van der Waals surface area contributed by atoms with Crippen LogP contribution in [0.1, 0.15) is 16.1 Å². The summed E-state index contributed by atoms with van der Waals surface area (Å²) >= 11 is 0. The van der Waals surface area contributed by atoms with Crippen molar-refractivity contribution in [1.29, 1.82) is 0 Å². The molecule has 0 spiro atoms. The van der Waals surface area contributed by atoms with E-state index in [2.05, 4.69) is 0 Å². The number of sulfonamides is 1. The van der Waals surface area contributed by atoms with Crippen LogP contribution in [0, 0.1) is 6.92 Å². The van der Waals surface area contributed by atoms with Gasteiger partial charge in [0, 0.05) is 49.8 Å². The second kappa shape index (κ2) is 5.65. The zero-order valence-corrected chi connectivity index (χ0v) is 14.4. The van der Waals surface area contributed by atoms with Crippen molar-refractivity contribution >= 4 is 26.8 Å². The number of piperazine rings is 1. The molecular weight excluding hydrogens is 314 g/mol. The van der Waals surface area contributed by atoms with Crippen LogP contribution in [0.5, 0.6) is 0 Å². The molecule has 0 radical (unpaired) electrons. The molecule has 0 unspecified atom stereocenters. The van der Waals surface area contributed by atoms with Crippen molar-refractivity contribution < 1.29 is 13.2 Å². The van der Waals surface area contributed by atoms with E-state index in [9.17, 15) is 13.2 Å². The zero-order chi connectivity index (χ0) is 16.8. The molecule has 1 aromatic heterocycles. The van der Waals surface area contributed by atoms with Crippen molar-refractivity contribution in [2.45, 2.75) is 6.92 Å². The molecule has 6 nitrogen and oxygen atoms in total. The third-order valence-electron chi connectivity index (χ3n) is 4.61. The molecule has 1 aliphatic rings. The van der Waals surface area contributed by atoms with Crippen molar-refractivity contribution in [3.8, 4) is 0 Å².